The number of hydrogen-bond donors (Lipinski definition) is 0. The molecular weight excluding hydrogens is 322 g/mol. The van der Waals surface area contributed by atoms with E-state index in [2.05, 4.69) is 67.8 Å². The van der Waals surface area contributed by atoms with Crippen LogP contribution in [0.1, 0.15) is 23.9 Å². The van der Waals surface area contributed by atoms with Gasteiger partial charge < -0.3 is 9.80 Å². The van der Waals surface area contributed by atoms with Crippen molar-refractivity contribution in [1.82, 2.24) is 19.5 Å². The lowest BCUT2D eigenvalue weighted by atomic mass is 10.0. The molecule has 136 valence electrons. The summed E-state index contributed by atoms with van der Waals surface area (Å²) in [6.45, 7) is 13.9. The second-order valence-corrected chi connectivity index (χ2v) is 7.24. The van der Waals surface area contributed by atoms with Crippen molar-refractivity contribution in [3.63, 3.8) is 0 Å². The zero-order valence-corrected chi connectivity index (χ0v) is 16.2. The van der Waals surface area contributed by atoms with E-state index < -0.39 is 0 Å². The first-order chi connectivity index (χ1) is 12.6. The van der Waals surface area contributed by atoms with Crippen molar-refractivity contribution in [2.24, 2.45) is 0 Å². The van der Waals surface area contributed by atoms with Crippen LogP contribution in [-0.4, -0.2) is 52.2 Å². The first-order valence-electron chi connectivity index (χ1n) is 9.48. The average molecular weight is 349 g/mol. The molecule has 0 saturated carbocycles. The molecule has 4 rings (SSSR count). The summed E-state index contributed by atoms with van der Waals surface area (Å²) in [6, 6.07) is 10.8. The Labute approximate surface area is 155 Å². The predicted molar refractivity (Wildman–Crippen MR) is 107 cm³/mol. The van der Waals surface area contributed by atoms with Gasteiger partial charge in [0.05, 0.1) is 5.69 Å². The van der Waals surface area contributed by atoms with Gasteiger partial charge in [0.25, 0.3) is 0 Å². The van der Waals surface area contributed by atoms with E-state index in [1.165, 1.54) is 11.1 Å². The molecule has 0 radical (unpaired) electrons. The third-order valence-electron chi connectivity index (χ3n) is 5.36. The number of nitrogens with zero attached hydrogens (tertiary/aromatic N) is 5. The molecule has 1 aromatic carbocycles. The summed E-state index contributed by atoms with van der Waals surface area (Å²) in [4.78, 5) is 9.78. The minimum absolute atomic E-state index is 0.958. The van der Waals surface area contributed by atoms with Gasteiger partial charge in [0, 0.05) is 43.5 Å². The molecule has 0 unspecified atom stereocenters. The van der Waals surface area contributed by atoms with Gasteiger partial charge in [0.15, 0.2) is 5.65 Å². The lowest BCUT2D eigenvalue weighted by Crippen LogP contribution is -2.46. The van der Waals surface area contributed by atoms with Crippen LogP contribution in [0, 0.1) is 20.8 Å². The second-order valence-electron chi connectivity index (χ2n) is 7.24. The third-order valence-corrected chi connectivity index (χ3v) is 5.36. The molecule has 1 aliphatic rings. The Hall–Kier alpha value is -2.40. The maximum Gasteiger partial charge on any atom is 0.165 e. The molecular formula is C21H27N5. The Morgan fingerprint density at radius 3 is 2.31 bits per heavy atom. The predicted octanol–water partition coefficient (Wildman–Crippen LogP) is 3.46. The van der Waals surface area contributed by atoms with Crippen molar-refractivity contribution < 1.29 is 0 Å². The van der Waals surface area contributed by atoms with Crippen LogP contribution >= 0.6 is 0 Å². The van der Waals surface area contributed by atoms with Gasteiger partial charge in [-0.15, -0.1) is 0 Å². The van der Waals surface area contributed by atoms with Crippen LogP contribution in [0.2, 0.25) is 0 Å². The molecule has 26 heavy (non-hydrogen) atoms. The van der Waals surface area contributed by atoms with Crippen molar-refractivity contribution in [3.05, 3.63) is 47.3 Å². The molecule has 1 fully saturated rings. The van der Waals surface area contributed by atoms with Crippen LogP contribution in [-0.2, 0) is 0 Å². The van der Waals surface area contributed by atoms with Gasteiger partial charge in [-0.1, -0.05) is 36.8 Å². The van der Waals surface area contributed by atoms with Gasteiger partial charge in [-0.3, -0.25) is 0 Å². The van der Waals surface area contributed by atoms with E-state index in [1.54, 1.807) is 0 Å². The van der Waals surface area contributed by atoms with Crippen molar-refractivity contribution >= 4 is 11.5 Å². The number of rotatable bonds is 3. The number of fused-ring (bicyclic) bond motifs is 1. The lowest BCUT2D eigenvalue weighted by Gasteiger charge is -2.35. The number of likely N-dealkylation sites (N-methyl/N-ethyl adjacent to an activating group) is 1. The highest BCUT2D eigenvalue weighted by Crippen LogP contribution is 2.30. The number of aromatic nitrogens is 3. The fourth-order valence-electron chi connectivity index (χ4n) is 3.80. The molecule has 0 bridgehead atoms. The van der Waals surface area contributed by atoms with E-state index in [1.807, 2.05) is 4.52 Å². The Balaban J connectivity index is 1.81. The summed E-state index contributed by atoms with van der Waals surface area (Å²) in [5, 5.41) is 4.87. The third kappa shape index (κ3) is 2.97. The van der Waals surface area contributed by atoms with Gasteiger partial charge in [0.2, 0.25) is 0 Å². The molecule has 0 N–H and O–H groups in total. The normalized spacial score (nSPS) is 15.8. The number of benzene rings is 1. The Bertz CT molecular complexity index is 918. The van der Waals surface area contributed by atoms with Gasteiger partial charge in [-0.05, 0) is 32.9 Å². The molecule has 0 amide bonds. The number of aryl methyl sites for hydroxylation is 3. The molecule has 5 nitrogen and oxygen atoms in total. The van der Waals surface area contributed by atoms with E-state index in [0.29, 0.717) is 0 Å². The Morgan fingerprint density at radius 2 is 1.65 bits per heavy atom. The van der Waals surface area contributed by atoms with Gasteiger partial charge >= 0.3 is 0 Å². The number of hydrogen-bond acceptors (Lipinski definition) is 4. The van der Waals surface area contributed by atoms with Crippen LogP contribution < -0.4 is 4.90 Å². The smallest absolute Gasteiger partial charge is 0.165 e. The van der Waals surface area contributed by atoms with E-state index in [9.17, 15) is 0 Å². The topological polar surface area (TPSA) is 36.7 Å². The minimum atomic E-state index is 0.958. The minimum Gasteiger partial charge on any atom is -0.354 e. The highest BCUT2D eigenvalue weighted by Gasteiger charge is 2.22. The van der Waals surface area contributed by atoms with Gasteiger partial charge in [-0.2, -0.15) is 9.61 Å². The maximum atomic E-state index is 4.87. The van der Waals surface area contributed by atoms with E-state index >= 15 is 0 Å². The van der Waals surface area contributed by atoms with E-state index in [0.717, 1.165) is 61.1 Å². The molecule has 0 atom stereocenters. The molecule has 0 spiro atoms. The van der Waals surface area contributed by atoms with Crippen molar-refractivity contribution in [1.29, 1.82) is 0 Å². The van der Waals surface area contributed by atoms with Crippen LogP contribution in [0.15, 0.2) is 30.3 Å². The second kappa shape index (κ2) is 6.72. The van der Waals surface area contributed by atoms with Gasteiger partial charge in [0.1, 0.15) is 5.82 Å². The molecule has 3 heterocycles. The molecule has 3 aromatic rings. The number of piperazine rings is 1. The summed E-state index contributed by atoms with van der Waals surface area (Å²) in [5.74, 6) is 1.16. The van der Waals surface area contributed by atoms with Crippen molar-refractivity contribution in [2.75, 3.05) is 37.6 Å². The average Bonchev–Trinajstić information content (AvgIpc) is 2.97. The highest BCUT2D eigenvalue weighted by molar-refractivity contribution is 5.81. The van der Waals surface area contributed by atoms with Gasteiger partial charge in [-0.25, -0.2) is 4.98 Å². The van der Waals surface area contributed by atoms with Crippen LogP contribution in [0.3, 0.4) is 0 Å². The van der Waals surface area contributed by atoms with Crippen molar-refractivity contribution in [2.45, 2.75) is 27.7 Å². The highest BCUT2D eigenvalue weighted by atomic mass is 15.4. The number of anilines is 1. The monoisotopic (exact) mass is 349 g/mol. The van der Waals surface area contributed by atoms with Crippen LogP contribution in [0.4, 0.5) is 5.82 Å². The van der Waals surface area contributed by atoms with E-state index in [-0.39, 0.29) is 0 Å². The lowest BCUT2D eigenvalue weighted by molar-refractivity contribution is 0.270. The Morgan fingerprint density at radius 1 is 0.962 bits per heavy atom. The maximum absolute atomic E-state index is 4.87. The zero-order valence-electron chi connectivity index (χ0n) is 16.2. The SMILES string of the molecule is CCN1CCN(c2cc(C)nc3c(-c4ccc(C)cc4)c(C)nn23)CC1. The first-order valence-corrected chi connectivity index (χ1v) is 9.48. The Kier molecular flexibility index (Phi) is 4.41. The summed E-state index contributed by atoms with van der Waals surface area (Å²) in [6.07, 6.45) is 0. The van der Waals surface area contributed by atoms with Crippen molar-refractivity contribution in [3.8, 4) is 11.1 Å². The molecule has 1 saturated heterocycles. The summed E-state index contributed by atoms with van der Waals surface area (Å²) < 4.78 is 2.04. The first kappa shape index (κ1) is 17.0. The summed E-state index contributed by atoms with van der Waals surface area (Å²) >= 11 is 0. The molecule has 1 aliphatic heterocycles. The van der Waals surface area contributed by atoms with Crippen LogP contribution in [0.5, 0.6) is 0 Å². The zero-order chi connectivity index (χ0) is 18.3. The molecule has 2 aromatic heterocycles. The van der Waals surface area contributed by atoms with E-state index in [4.69, 9.17) is 10.1 Å². The fraction of sp³-hybridized carbons (Fsp3) is 0.429. The van der Waals surface area contributed by atoms with Crippen LogP contribution in [0.25, 0.3) is 16.8 Å². The standard InChI is InChI=1S/C21H27N5/c1-5-24-10-12-25(13-11-24)19-14-16(3)22-21-20(17(4)23-26(19)21)18-8-6-15(2)7-9-18/h6-9,14H,5,10-13H2,1-4H3. The fourth-order valence-corrected chi connectivity index (χ4v) is 3.80. The summed E-state index contributed by atoms with van der Waals surface area (Å²) in [5.41, 5.74) is 6.62. The largest absolute Gasteiger partial charge is 0.354 e. The molecule has 0 aliphatic carbocycles. The quantitative estimate of drug-likeness (QED) is 0.726. The molecule has 5 heteroatoms. The summed E-state index contributed by atoms with van der Waals surface area (Å²) in [7, 11) is 0.